The number of nitrogens with zero attached hydrogens (tertiary/aromatic N) is 1. The summed E-state index contributed by atoms with van der Waals surface area (Å²) in [6.45, 7) is 2.00. The van der Waals surface area contributed by atoms with Gasteiger partial charge in [0.2, 0.25) is 5.91 Å². The van der Waals surface area contributed by atoms with Crippen LogP contribution in [-0.2, 0) is 0 Å². The molecule has 1 rings (SSSR count). The molecule has 0 aliphatic carbocycles. The Balaban J connectivity index is 3.19. The van der Waals surface area contributed by atoms with E-state index in [-0.39, 0.29) is 5.91 Å². The fourth-order valence-electron chi connectivity index (χ4n) is 1.24. The molecule has 2 N–H and O–H groups in total. The first-order chi connectivity index (χ1) is 6.02. The monoisotopic (exact) mass is 178 g/mol. The summed E-state index contributed by atoms with van der Waals surface area (Å²) in [6.07, 6.45) is 0. The Hall–Kier alpha value is -1.51. The highest BCUT2D eigenvalue weighted by Crippen LogP contribution is 2.18. The maximum absolute atomic E-state index is 10.9. The minimum Gasteiger partial charge on any atom is -0.377 e. The molecule has 0 radical (unpaired) electrons. The predicted octanol–water partition coefficient (Wildman–Crippen LogP) is 1.16. The van der Waals surface area contributed by atoms with Gasteiger partial charge in [0.1, 0.15) is 0 Å². The van der Waals surface area contributed by atoms with Gasteiger partial charge in [-0.25, -0.2) is 0 Å². The zero-order valence-corrected chi connectivity index (χ0v) is 8.16. The van der Waals surface area contributed by atoms with Crippen molar-refractivity contribution in [3.63, 3.8) is 0 Å². The molecule has 0 spiro atoms. The summed E-state index contributed by atoms with van der Waals surface area (Å²) in [5.74, 6) is -0.386. The van der Waals surface area contributed by atoms with Crippen molar-refractivity contribution in [1.82, 2.24) is 0 Å². The lowest BCUT2D eigenvalue weighted by molar-refractivity contribution is 0.100. The van der Waals surface area contributed by atoms with Crippen LogP contribution in [0.3, 0.4) is 0 Å². The van der Waals surface area contributed by atoms with E-state index >= 15 is 0 Å². The average Bonchev–Trinajstić information content (AvgIpc) is 2.04. The Kier molecular flexibility index (Phi) is 2.56. The number of carbonyl (C=O) groups excluding carboxylic acids is 1. The third kappa shape index (κ3) is 1.99. The van der Waals surface area contributed by atoms with Crippen molar-refractivity contribution < 1.29 is 4.79 Å². The number of benzene rings is 1. The molecule has 3 heteroatoms. The highest BCUT2D eigenvalue weighted by Gasteiger charge is 2.05. The van der Waals surface area contributed by atoms with Crippen molar-refractivity contribution in [2.45, 2.75) is 6.92 Å². The van der Waals surface area contributed by atoms with Crippen LogP contribution in [0.4, 0.5) is 5.69 Å². The van der Waals surface area contributed by atoms with E-state index < -0.39 is 0 Å². The first-order valence-corrected chi connectivity index (χ1v) is 4.10. The standard InChI is InChI=1S/C10H14N2O/c1-7-4-5-8(10(11)13)6-9(7)12(2)3/h4-6H,1-3H3,(H2,11,13). The smallest absolute Gasteiger partial charge is 0.248 e. The summed E-state index contributed by atoms with van der Waals surface area (Å²) in [4.78, 5) is 12.9. The minimum absolute atomic E-state index is 0.386. The van der Waals surface area contributed by atoms with Gasteiger partial charge in [0, 0.05) is 25.3 Å². The number of anilines is 1. The highest BCUT2D eigenvalue weighted by atomic mass is 16.1. The molecular formula is C10H14N2O. The van der Waals surface area contributed by atoms with E-state index in [9.17, 15) is 4.79 Å². The van der Waals surface area contributed by atoms with E-state index in [1.54, 1.807) is 12.1 Å². The second-order valence-corrected chi connectivity index (χ2v) is 3.26. The van der Waals surface area contributed by atoms with E-state index in [1.165, 1.54) is 0 Å². The average molecular weight is 178 g/mol. The highest BCUT2D eigenvalue weighted by molar-refractivity contribution is 5.94. The van der Waals surface area contributed by atoms with Crippen LogP contribution in [0.25, 0.3) is 0 Å². The second kappa shape index (κ2) is 3.47. The van der Waals surface area contributed by atoms with Gasteiger partial charge >= 0.3 is 0 Å². The molecule has 1 amide bonds. The van der Waals surface area contributed by atoms with Crippen LogP contribution < -0.4 is 10.6 Å². The summed E-state index contributed by atoms with van der Waals surface area (Å²) in [5, 5.41) is 0. The van der Waals surface area contributed by atoms with Gasteiger partial charge in [-0.3, -0.25) is 4.79 Å². The zero-order valence-electron chi connectivity index (χ0n) is 8.16. The third-order valence-corrected chi connectivity index (χ3v) is 1.98. The van der Waals surface area contributed by atoms with Crippen molar-refractivity contribution in [2.75, 3.05) is 19.0 Å². The summed E-state index contributed by atoms with van der Waals surface area (Å²) in [7, 11) is 3.88. The van der Waals surface area contributed by atoms with Gasteiger partial charge in [-0.15, -0.1) is 0 Å². The number of primary amides is 1. The Morgan fingerprint density at radius 1 is 1.38 bits per heavy atom. The summed E-state index contributed by atoms with van der Waals surface area (Å²) >= 11 is 0. The Bertz CT molecular complexity index is 332. The molecule has 0 atom stereocenters. The van der Waals surface area contributed by atoms with E-state index in [2.05, 4.69) is 0 Å². The number of hydrogen-bond acceptors (Lipinski definition) is 2. The zero-order chi connectivity index (χ0) is 10.0. The molecule has 0 saturated heterocycles. The fraction of sp³-hybridized carbons (Fsp3) is 0.300. The van der Waals surface area contributed by atoms with E-state index in [0.29, 0.717) is 5.56 Å². The number of carbonyl (C=O) groups is 1. The van der Waals surface area contributed by atoms with Crippen molar-refractivity contribution in [2.24, 2.45) is 5.73 Å². The van der Waals surface area contributed by atoms with Gasteiger partial charge in [0.15, 0.2) is 0 Å². The number of hydrogen-bond donors (Lipinski definition) is 1. The lowest BCUT2D eigenvalue weighted by atomic mass is 10.1. The molecule has 0 aliphatic heterocycles. The Morgan fingerprint density at radius 3 is 2.46 bits per heavy atom. The van der Waals surface area contributed by atoms with E-state index in [4.69, 9.17) is 5.73 Å². The first kappa shape index (κ1) is 9.58. The van der Waals surface area contributed by atoms with Crippen LogP contribution in [0.5, 0.6) is 0 Å². The SMILES string of the molecule is Cc1ccc(C(N)=O)cc1N(C)C. The van der Waals surface area contributed by atoms with Gasteiger partial charge in [0.25, 0.3) is 0 Å². The largest absolute Gasteiger partial charge is 0.377 e. The molecule has 3 nitrogen and oxygen atoms in total. The van der Waals surface area contributed by atoms with E-state index in [0.717, 1.165) is 11.3 Å². The molecule has 0 saturated carbocycles. The molecule has 0 bridgehead atoms. The molecule has 0 heterocycles. The van der Waals surface area contributed by atoms with Crippen LogP contribution in [0.1, 0.15) is 15.9 Å². The Morgan fingerprint density at radius 2 is 2.00 bits per heavy atom. The maximum atomic E-state index is 10.9. The molecule has 0 aliphatic rings. The van der Waals surface area contributed by atoms with Gasteiger partial charge in [-0.2, -0.15) is 0 Å². The van der Waals surface area contributed by atoms with Crippen molar-refractivity contribution in [1.29, 1.82) is 0 Å². The second-order valence-electron chi connectivity index (χ2n) is 3.26. The summed E-state index contributed by atoms with van der Waals surface area (Å²) in [6, 6.07) is 5.44. The van der Waals surface area contributed by atoms with E-state index in [1.807, 2.05) is 32.0 Å². The summed E-state index contributed by atoms with van der Waals surface area (Å²) in [5.41, 5.74) is 7.88. The van der Waals surface area contributed by atoms with Crippen molar-refractivity contribution in [3.8, 4) is 0 Å². The number of rotatable bonds is 2. The van der Waals surface area contributed by atoms with Gasteiger partial charge < -0.3 is 10.6 Å². The van der Waals surface area contributed by atoms with Crippen LogP contribution in [0.15, 0.2) is 18.2 Å². The molecule has 0 unspecified atom stereocenters. The minimum atomic E-state index is -0.386. The van der Waals surface area contributed by atoms with Crippen LogP contribution in [0.2, 0.25) is 0 Å². The topological polar surface area (TPSA) is 46.3 Å². The number of nitrogens with two attached hydrogens (primary N) is 1. The third-order valence-electron chi connectivity index (χ3n) is 1.98. The quantitative estimate of drug-likeness (QED) is 0.738. The number of aryl methyl sites for hydroxylation is 1. The number of amides is 1. The lowest BCUT2D eigenvalue weighted by Crippen LogP contribution is -2.14. The van der Waals surface area contributed by atoms with Gasteiger partial charge in [-0.05, 0) is 24.6 Å². The predicted molar refractivity (Wildman–Crippen MR) is 54.0 cm³/mol. The van der Waals surface area contributed by atoms with Crippen LogP contribution >= 0.6 is 0 Å². The fourth-order valence-corrected chi connectivity index (χ4v) is 1.24. The Labute approximate surface area is 78.2 Å². The molecule has 1 aromatic rings. The van der Waals surface area contributed by atoms with Gasteiger partial charge in [0.05, 0.1) is 0 Å². The molecular weight excluding hydrogens is 164 g/mol. The molecule has 1 aromatic carbocycles. The first-order valence-electron chi connectivity index (χ1n) is 4.10. The normalized spacial score (nSPS) is 9.77. The van der Waals surface area contributed by atoms with Crippen molar-refractivity contribution >= 4 is 11.6 Å². The molecule has 0 aromatic heterocycles. The van der Waals surface area contributed by atoms with Gasteiger partial charge in [-0.1, -0.05) is 6.07 Å². The lowest BCUT2D eigenvalue weighted by Gasteiger charge is -2.15. The summed E-state index contributed by atoms with van der Waals surface area (Å²) < 4.78 is 0. The maximum Gasteiger partial charge on any atom is 0.248 e. The van der Waals surface area contributed by atoms with Crippen LogP contribution in [-0.4, -0.2) is 20.0 Å². The molecule has 13 heavy (non-hydrogen) atoms. The van der Waals surface area contributed by atoms with Crippen molar-refractivity contribution in [3.05, 3.63) is 29.3 Å². The van der Waals surface area contributed by atoms with Crippen LogP contribution in [0, 0.1) is 6.92 Å². The molecule has 0 fully saturated rings. The molecule has 70 valence electrons.